The Balaban J connectivity index is 2.14. The zero-order chi connectivity index (χ0) is 12.3. The largest absolute Gasteiger partial charge is 0.487 e. The van der Waals surface area contributed by atoms with Crippen molar-refractivity contribution in [2.45, 2.75) is 37.9 Å². The maximum Gasteiger partial charge on any atom is 0.252 e. The van der Waals surface area contributed by atoms with Gasteiger partial charge in [-0.1, -0.05) is 18.6 Å². The summed E-state index contributed by atoms with van der Waals surface area (Å²) in [4.78, 5) is 11.2. The Labute approximate surface area is 100 Å². The van der Waals surface area contributed by atoms with Gasteiger partial charge in [-0.05, 0) is 31.4 Å². The van der Waals surface area contributed by atoms with Crippen LogP contribution in [0.1, 0.15) is 36.0 Å². The molecule has 0 bridgehead atoms. The Morgan fingerprint density at radius 1 is 1.29 bits per heavy atom. The van der Waals surface area contributed by atoms with Crippen LogP contribution in [0.15, 0.2) is 24.3 Å². The summed E-state index contributed by atoms with van der Waals surface area (Å²) in [7, 11) is 0. The first-order valence-corrected chi connectivity index (χ1v) is 5.92. The predicted molar refractivity (Wildman–Crippen MR) is 63.9 cm³/mol. The highest BCUT2D eigenvalue weighted by atomic mass is 16.5. The molecule has 1 saturated carbocycles. The summed E-state index contributed by atoms with van der Waals surface area (Å²) in [6, 6.07) is 6.87. The van der Waals surface area contributed by atoms with Crippen molar-refractivity contribution < 1.29 is 14.6 Å². The zero-order valence-electron chi connectivity index (χ0n) is 9.63. The first kappa shape index (κ1) is 11.9. The van der Waals surface area contributed by atoms with Crippen LogP contribution in [0.3, 0.4) is 0 Å². The van der Waals surface area contributed by atoms with Crippen molar-refractivity contribution in [3.8, 4) is 5.75 Å². The fourth-order valence-electron chi connectivity index (χ4n) is 2.15. The van der Waals surface area contributed by atoms with E-state index in [0.717, 1.165) is 25.7 Å². The van der Waals surface area contributed by atoms with Crippen molar-refractivity contribution in [1.82, 2.24) is 0 Å². The third kappa shape index (κ3) is 2.77. The topological polar surface area (TPSA) is 72.6 Å². The van der Waals surface area contributed by atoms with Crippen LogP contribution in [0, 0.1) is 0 Å². The molecule has 1 aliphatic rings. The predicted octanol–water partition coefficient (Wildman–Crippen LogP) is 1.47. The van der Waals surface area contributed by atoms with Crippen molar-refractivity contribution in [3.05, 3.63) is 29.8 Å². The monoisotopic (exact) mass is 235 g/mol. The molecule has 0 aliphatic heterocycles. The van der Waals surface area contributed by atoms with Gasteiger partial charge in [0.2, 0.25) is 0 Å². The van der Waals surface area contributed by atoms with Gasteiger partial charge >= 0.3 is 0 Å². The lowest BCUT2D eigenvalue weighted by Gasteiger charge is -2.28. The lowest BCUT2D eigenvalue weighted by molar-refractivity contribution is 0.00647. The Morgan fingerprint density at radius 3 is 2.71 bits per heavy atom. The SMILES string of the molecule is NC(=O)c1ccccc1OC1CCCCC1O. The van der Waals surface area contributed by atoms with Crippen molar-refractivity contribution >= 4 is 5.91 Å². The minimum Gasteiger partial charge on any atom is -0.487 e. The van der Waals surface area contributed by atoms with E-state index in [-0.39, 0.29) is 6.10 Å². The van der Waals surface area contributed by atoms with Crippen molar-refractivity contribution in [1.29, 1.82) is 0 Å². The molecule has 1 fully saturated rings. The molecule has 1 amide bonds. The molecule has 0 saturated heterocycles. The Bertz CT molecular complexity index is 405. The number of rotatable bonds is 3. The highest BCUT2D eigenvalue weighted by Crippen LogP contribution is 2.26. The van der Waals surface area contributed by atoms with Crippen LogP contribution >= 0.6 is 0 Å². The van der Waals surface area contributed by atoms with Gasteiger partial charge in [-0.2, -0.15) is 0 Å². The molecule has 2 atom stereocenters. The van der Waals surface area contributed by atoms with Gasteiger partial charge in [-0.25, -0.2) is 0 Å². The molecule has 0 radical (unpaired) electrons. The van der Waals surface area contributed by atoms with Crippen LogP contribution in [0.2, 0.25) is 0 Å². The van der Waals surface area contributed by atoms with Crippen LogP contribution < -0.4 is 10.5 Å². The van der Waals surface area contributed by atoms with Crippen LogP contribution in [0.5, 0.6) is 5.75 Å². The third-order valence-electron chi connectivity index (χ3n) is 3.10. The highest BCUT2D eigenvalue weighted by molar-refractivity contribution is 5.95. The number of hydrogen-bond donors (Lipinski definition) is 2. The first-order valence-electron chi connectivity index (χ1n) is 5.92. The molecule has 92 valence electrons. The Morgan fingerprint density at radius 2 is 2.00 bits per heavy atom. The summed E-state index contributed by atoms with van der Waals surface area (Å²) in [6.07, 6.45) is 2.95. The standard InChI is InChI=1S/C13H17NO3/c14-13(16)9-5-1-3-7-11(9)17-12-8-4-2-6-10(12)15/h1,3,5,7,10,12,15H,2,4,6,8H2,(H2,14,16). The highest BCUT2D eigenvalue weighted by Gasteiger charge is 2.25. The summed E-state index contributed by atoms with van der Waals surface area (Å²) >= 11 is 0. The van der Waals surface area contributed by atoms with Gasteiger partial charge in [0, 0.05) is 0 Å². The smallest absolute Gasteiger partial charge is 0.252 e. The molecule has 4 heteroatoms. The molecule has 4 nitrogen and oxygen atoms in total. The molecule has 1 aromatic carbocycles. The lowest BCUT2D eigenvalue weighted by atomic mass is 9.95. The summed E-state index contributed by atoms with van der Waals surface area (Å²) in [6.45, 7) is 0. The van der Waals surface area contributed by atoms with Crippen LogP contribution in [-0.4, -0.2) is 23.2 Å². The number of hydrogen-bond acceptors (Lipinski definition) is 3. The fraction of sp³-hybridized carbons (Fsp3) is 0.462. The quantitative estimate of drug-likeness (QED) is 0.833. The van der Waals surface area contributed by atoms with Crippen LogP contribution in [0.25, 0.3) is 0 Å². The van der Waals surface area contributed by atoms with E-state index in [1.165, 1.54) is 0 Å². The molecule has 1 aromatic rings. The molecule has 0 aromatic heterocycles. The van der Waals surface area contributed by atoms with E-state index < -0.39 is 12.0 Å². The van der Waals surface area contributed by atoms with E-state index in [1.807, 2.05) is 0 Å². The average molecular weight is 235 g/mol. The Kier molecular flexibility index (Phi) is 3.64. The third-order valence-corrected chi connectivity index (χ3v) is 3.10. The van der Waals surface area contributed by atoms with E-state index >= 15 is 0 Å². The van der Waals surface area contributed by atoms with E-state index in [0.29, 0.717) is 11.3 Å². The number of ether oxygens (including phenoxy) is 1. The van der Waals surface area contributed by atoms with Crippen molar-refractivity contribution in [3.63, 3.8) is 0 Å². The van der Waals surface area contributed by atoms with Gasteiger partial charge in [0.15, 0.2) is 0 Å². The molecular formula is C13H17NO3. The molecule has 0 spiro atoms. The molecule has 3 N–H and O–H groups in total. The van der Waals surface area contributed by atoms with E-state index in [4.69, 9.17) is 10.5 Å². The number of para-hydroxylation sites is 1. The second-order valence-corrected chi connectivity index (χ2v) is 4.37. The lowest BCUT2D eigenvalue weighted by Crippen LogP contribution is -2.35. The van der Waals surface area contributed by atoms with E-state index in [1.54, 1.807) is 24.3 Å². The summed E-state index contributed by atoms with van der Waals surface area (Å²) < 4.78 is 5.71. The van der Waals surface area contributed by atoms with Gasteiger partial charge < -0.3 is 15.6 Å². The second-order valence-electron chi connectivity index (χ2n) is 4.37. The molecular weight excluding hydrogens is 218 g/mol. The van der Waals surface area contributed by atoms with Gasteiger partial charge in [0.25, 0.3) is 5.91 Å². The van der Waals surface area contributed by atoms with Gasteiger partial charge in [0.1, 0.15) is 11.9 Å². The number of aliphatic hydroxyl groups excluding tert-OH is 1. The number of benzene rings is 1. The number of amides is 1. The molecule has 1 aliphatic carbocycles. The maximum absolute atomic E-state index is 11.2. The maximum atomic E-state index is 11.2. The van der Waals surface area contributed by atoms with Crippen molar-refractivity contribution in [2.75, 3.05) is 0 Å². The van der Waals surface area contributed by atoms with Crippen LogP contribution in [-0.2, 0) is 0 Å². The first-order chi connectivity index (χ1) is 8.18. The summed E-state index contributed by atoms with van der Waals surface area (Å²) in [5.74, 6) is -0.0446. The van der Waals surface area contributed by atoms with E-state index in [2.05, 4.69) is 0 Å². The molecule has 2 rings (SSSR count). The summed E-state index contributed by atoms with van der Waals surface area (Å²) in [5.41, 5.74) is 5.64. The normalized spacial score (nSPS) is 24.3. The minimum absolute atomic E-state index is 0.232. The zero-order valence-corrected chi connectivity index (χ0v) is 9.63. The molecule has 17 heavy (non-hydrogen) atoms. The van der Waals surface area contributed by atoms with Gasteiger partial charge in [-0.15, -0.1) is 0 Å². The second kappa shape index (κ2) is 5.19. The molecule has 2 unspecified atom stereocenters. The Hall–Kier alpha value is -1.55. The van der Waals surface area contributed by atoms with Crippen LogP contribution in [0.4, 0.5) is 0 Å². The number of carbonyl (C=O) groups is 1. The minimum atomic E-state index is -0.508. The summed E-state index contributed by atoms with van der Waals surface area (Å²) in [5, 5.41) is 9.82. The molecule has 0 heterocycles. The number of nitrogens with two attached hydrogens (primary N) is 1. The average Bonchev–Trinajstić information content (AvgIpc) is 2.32. The number of aliphatic hydroxyl groups is 1. The number of primary amides is 1. The number of carbonyl (C=O) groups excluding carboxylic acids is 1. The van der Waals surface area contributed by atoms with Gasteiger partial charge in [-0.3, -0.25) is 4.79 Å². The fourth-order valence-corrected chi connectivity index (χ4v) is 2.15. The van der Waals surface area contributed by atoms with E-state index in [9.17, 15) is 9.90 Å². The van der Waals surface area contributed by atoms with Crippen molar-refractivity contribution in [2.24, 2.45) is 5.73 Å². The van der Waals surface area contributed by atoms with Gasteiger partial charge in [0.05, 0.1) is 11.7 Å².